The third-order valence-corrected chi connectivity index (χ3v) is 11.1. The summed E-state index contributed by atoms with van der Waals surface area (Å²) in [4.78, 5) is 37.6. The second-order valence-corrected chi connectivity index (χ2v) is 15.5. The molecule has 2 atom stereocenters. The molecule has 6 nitrogen and oxygen atoms in total. The minimum Gasteiger partial charge on any atom is -0.465 e. The fraction of sp³-hybridized carbons (Fsp3) is 0.804. The number of para-hydroxylation sites is 1. The molecule has 0 aliphatic carbocycles. The smallest absolute Gasteiger partial charge is 0.340 e. The van der Waals surface area contributed by atoms with E-state index in [1.165, 1.54) is 181 Å². The van der Waals surface area contributed by atoms with Crippen molar-refractivity contribution in [1.29, 1.82) is 0 Å². The van der Waals surface area contributed by atoms with Crippen LogP contribution in [0.5, 0.6) is 0 Å². The maximum absolute atomic E-state index is 12.9. The van der Waals surface area contributed by atoms with Crippen LogP contribution in [-0.2, 0) is 14.3 Å². The van der Waals surface area contributed by atoms with E-state index < -0.39 is 11.9 Å². The first kappa shape index (κ1) is 47.7. The molecule has 0 spiro atoms. The van der Waals surface area contributed by atoms with Gasteiger partial charge in [0.05, 0.1) is 31.0 Å². The van der Waals surface area contributed by atoms with Crippen LogP contribution < -0.4 is 5.32 Å². The van der Waals surface area contributed by atoms with Gasteiger partial charge in [0.2, 0.25) is 5.91 Å². The summed E-state index contributed by atoms with van der Waals surface area (Å²) in [5.74, 6) is 0.314. The molecule has 1 rings (SSSR count). The van der Waals surface area contributed by atoms with E-state index in [0.29, 0.717) is 6.42 Å². The van der Waals surface area contributed by atoms with Crippen LogP contribution in [-0.4, -0.2) is 32.1 Å². The molecule has 300 valence electrons. The summed E-state index contributed by atoms with van der Waals surface area (Å²) in [6.45, 7) is 6.91. The van der Waals surface area contributed by atoms with E-state index in [0.717, 1.165) is 31.1 Å². The summed E-state index contributed by atoms with van der Waals surface area (Å²) in [6, 6.07) is 4.67. The van der Waals surface area contributed by atoms with Crippen molar-refractivity contribution in [3.05, 3.63) is 29.3 Å². The van der Waals surface area contributed by atoms with Crippen LogP contribution in [0.2, 0.25) is 0 Å². The van der Waals surface area contributed by atoms with Crippen LogP contribution in [0.3, 0.4) is 0 Å². The summed E-state index contributed by atoms with van der Waals surface area (Å²) >= 11 is 0. The number of esters is 2. The molecular formula is C46H81NO5. The van der Waals surface area contributed by atoms with Gasteiger partial charge in [-0.3, -0.25) is 4.79 Å². The number of carbonyl (C=O) groups excluding carboxylic acids is 3. The third kappa shape index (κ3) is 22.6. The highest BCUT2D eigenvalue weighted by molar-refractivity contribution is 6.08. The van der Waals surface area contributed by atoms with Crippen LogP contribution in [0.1, 0.15) is 234 Å². The van der Waals surface area contributed by atoms with Crippen molar-refractivity contribution in [3.63, 3.8) is 0 Å². The van der Waals surface area contributed by atoms with E-state index in [9.17, 15) is 14.4 Å². The Morgan fingerprint density at radius 3 is 1.12 bits per heavy atom. The van der Waals surface area contributed by atoms with Crippen molar-refractivity contribution in [1.82, 2.24) is 0 Å². The molecule has 0 radical (unpaired) electrons. The van der Waals surface area contributed by atoms with Crippen molar-refractivity contribution < 1.29 is 23.9 Å². The average Bonchev–Trinajstić information content (AvgIpc) is 3.15. The van der Waals surface area contributed by atoms with Crippen LogP contribution in [0.15, 0.2) is 18.2 Å². The zero-order valence-corrected chi connectivity index (χ0v) is 34.6. The minimum absolute atomic E-state index is 0.145. The fourth-order valence-electron chi connectivity index (χ4n) is 7.82. The quantitative estimate of drug-likeness (QED) is 0.0556. The van der Waals surface area contributed by atoms with Gasteiger partial charge in [-0.2, -0.15) is 0 Å². The number of ether oxygens (including phenoxy) is 2. The summed E-state index contributed by atoms with van der Waals surface area (Å²) in [5, 5.41) is 2.80. The fourth-order valence-corrected chi connectivity index (χ4v) is 7.82. The topological polar surface area (TPSA) is 81.7 Å². The monoisotopic (exact) mass is 728 g/mol. The molecule has 0 saturated carbocycles. The van der Waals surface area contributed by atoms with Gasteiger partial charge in [0.15, 0.2) is 0 Å². The lowest BCUT2D eigenvalue weighted by atomic mass is 9.78. The maximum Gasteiger partial charge on any atom is 0.340 e. The van der Waals surface area contributed by atoms with Crippen molar-refractivity contribution in [2.45, 2.75) is 213 Å². The zero-order valence-electron chi connectivity index (χ0n) is 34.6. The van der Waals surface area contributed by atoms with Crippen LogP contribution in [0.25, 0.3) is 0 Å². The number of nitrogens with one attached hydrogen (secondary N) is 1. The lowest BCUT2D eigenvalue weighted by molar-refractivity contribution is -0.116. The maximum atomic E-state index is 12.9. The van der Waals surface area contributed by atoms with E-state index in [2.05, 4.69) is 26.1 Å². The number of anilines is 1. The molecule has 52 heavy (non-hydrogen) atoms. The van der Waals surface area contributed by atoms with Gasteiger partial charge in [-0.1, -0.05) is 207 Å². The summed E-state index contributed by atoms with van der Waals surface area (Å²) in [5.41, 5.74) is 0.448. The third-order valence-electron chi connectivity index (χ3n) is 11.1. The van der Waals surface area contributed by atoms with Crippen LogP contribution in [0.4, 0.5) is 5.69 Å². The lowest BCUT2D eigenvalue weighted by Crippen LogP contribution is -2.18. The number of rotatable bonds is 35. The van der Waals surface area contributed by atoms with Gasteiger partial charge < -0.3 is 14.8 Å². The molecule has 1 aromatic rings. The van der Waals surface area contributed by atoms with Gasteiger partial charge in [0, 0.05) is 6.42 Å². The molecule has 1 aromatic carbocycles. The van der Waals surface area contributed by atoms with E-state index in [-0.39, 0.29) is 22.7 Å². The van der Waals surface area contributed by atoms with Crippen molar-refractivity contribution in [3.8, 4) is 0 Å². The first-order chi connectivity index (χ1) is 25.4. The average molecular weight is 728 g/mol. The number of hydrogen-bond acceptors (Lipinski definition) is 5. The molecule has 0 aliphatic heterocycles. The SMILES string of the molecule is CCCCCCCCCC(CCCCCCCC)C(CCCCCCCCC)CCCCCCCC(=O)Nc1c(C(=O)OC)cccc1C(=O)OC. The van der Waals surface area contributed by atoms with Gasteiger partial charge in [-0.15, -0.1) is 0 Å². The second-order valence-electron chi connectivity index (χ2n) is 15.5. The highest BCUT2D eigenvalue weighted by Gasteiger charge is 2.23. The Morgan fingerprint density at radius 2 is 0.788 bits per heavy atom. The molecule has 0 aromatic heterocycles. The van der Waals surface area contributed by atoms with E-state index in [1.807, 2.05) is 0 Å². The summed E-state index contributed by atoms with van der Waals surface area (Å²) < 4.78 is 9.75. The number of amides is 1. The minimum atomic E-state index is -0.608. The number of carbonyl (C=O) groups is 3. The standard InChI is InChI=1S/C46H81NO5/c1-6-9-12-15-18-22-27-33-39(32-26-21-17-14-11-8-3)40(34-28-23-19-16-13-10-7-2)35-29-24-20-25-30-38-43(48)47-44-41(45(49)51-4)36-31-37-42(44)46(50)52-5/h31,36-37,39-40H,6-30,32-35,38H2,1-5H3,(H,47,48). The molecule has 0 fully saturated rings. The molecule has 0 saturated heterocycles. The molecule has 1 amide bonds. The first-order valence-electron chi connectivity index (χ1n) is 22.0. The second kappa shape index (κ2) is 33.2. The van der Waals surface area contributed by atoms with E-state index >= 15 is 0 Å². The lowest BCUT2D eigenvalue weighted by Gasteiger charge is -2.28. The Balaban J connectivity index is 2.69. The molecule has 6 heteroatoms. The van der Waals surface area contributed by atoms with Crippen LogP contribution >= 0.6 is 0 Å². The Hall–Kier alpha value is -2.37. The molecule has 1 N–H and O–H groups in total. The Bertz CT molecular complexity index is 1010. The number of unbranched alkanes of at least 4 members (excludes halogenated alkanes) is 21. The number of methoxy groups -OCH3 is 2. The highest BCUT2D eigenvalue weighted by atomic mass is 16.5. The normalized spacial score (nSPS) is 12.4. The van der Waals surface area contributed by atoms with Crippen molar-refractivity contribution in [2.75, 3.05) is 19.5 Å². The predicted molar refractivity (Wildman–Crippen MR) is 220 cm³/mol. The molecular weight excluding hydrogens is 647 g/mol. The summed E-state index contributed by atoms with van der Waals surface area (Å²) in [7, 11) is 2.56. The largest absolute Gasteiger partial charge is 0.465 e. The van der Waals surface area contributed by atoms with E-state index in [4.69, 9.17) is 9.47 Å². The van der Waals surface area contributed by atoms with E-state index in [1.54, 1.807) is 18.2 Å². The molecule has 0 heterocycles. The van der Waals surface area contributed by atoms with Gasteiger partial charge in [0.25, 0.3) is 0 Å². The van der Waals surface area contributed by atoms with Gasteiger partial charge in [0.1, 0.15) is 0 Å². The molecule has 2 unspecified atom stereocenters. The molecule has 0 aliphatic rings. The summed E-state index contributed by atoms with van der Waals surface area (Å²) in [6.07, 6.45) is 39.1. The Kier molecular flexibility index (Phi) is 30.4. The predicted octanol–water partition coefficient (Wildman–Crippen LogP) is 14.2. The zero-order chi connectivity index (χ0) is 38.1. The van der Waals surface area contributed by atoms with Crippen LogP contribution in [0, 0.1) is 11.8 Å². The van der Waals surface area contributed by atoms with Crippen molar-refractivity contribution >= 4 is 23.5 Å². The number of benzene rings is 1. The first-order valence-corrected chi connectivity index (χ1v) is 22.0. The molecule has 0 bridgehead atoms. The van der Waals surface area contributed by atoms with Gasteiger partial charge >= 0.3 is 11.9 Å². The Labute approximate surface area is 320 Å². The van der Waals surface area contributed by atoms with Gasteiger partial charge in [-0.25, -0.2) is 9.59 Å². The van der Waals surface area contributed by atoms with Crippen molar-refractivity contribution in [2.24, 2.45) is 11.8 Å². The van der Waals surface area contributed by atoms with Gasteiger partial charge in [-0.05, 0) is 30.4 Å². The highest BCUT2D eigenvalue weighted by Crippen LogP contribution is 2.34. The number of hydrogen-bond donors (Lipinski definition) is 1. The Morgan fingerprint density at radius 1 is 0.481 bits per heavy atom.